The Hall–Kier alpha value is -2.89. The molecule has 0 fully saturated rings. The maximum atomic E-state index is 12.6. The van der Waals surface area contributed by atoms with Crippen LogP contribution in [0.5, 0.6) is 5.75 Å². The van der Waals surface area contributed by atoms with Crippen LogP contribution < -0.4 is 10.3 Å². The van der Waals surface area contributed by atoms with E-state index in [9.17, 15) is 9.90 Å². The quantitative estimate of drug-likeness (QED) is 0.574. The van der Waals surface area contributed by atoms with Crippen molar-refractivity contribution in [2.45, 2.75) is 12.6 Å². The van der Waals surface area contributed by atoms with Crippen molar-refractivity contribution < 1.29 is 9.84 Å². The van der Waals surface area contributed by atoms with Crippen molar-refractivity contribution in [3.8, 4) is 5.75 Å². The summed E-state index contributed by atoms with van der Waals surface area (Å²) in [6, 6.07) is 18.6. The van der Waals surface area contributed by atoms with E-state index < -0.39 is 6.10 Å². The van der Waals surface area contributed by atoms with Gasteiger partial charge in [0.1, 0.15) is 18.5 Å². The Bertz CT molecular complexity index is 1170. The van der Waals surface area contributed by atoms with Crippen molar-refractivity contribution in [3.63, 3.8) is 0 Å². The molecule has 6 heteroatoms. The highest BCUT2D eigenvalue weighted by atomic mass is 35.5. The smallest absolute Gasteiger partial charge is 0.261 e. The molecule has 0 unspecified atom stereocenters. The Morgan fingerprint density at radius 3 is 2.78 bits per heavy atom. The van der Waals surface area contributed by atoms with Gasteiger partial charge in [0.25, 0.3) is 5.56 Å². The van der Waals surface area contributed by atoms with Crippen molar-refractivity contribution in [2.24, 2.45) is 0 Å². The zero-order valence-corrected chi connectivity index (χ0v) is 15.1. The molecular formula is C21H17ClN2O3. The van der Waals surface area contributed by atoms with E-state index in [1.54, 1.807) is 18.2 Å². The van der Waals surface area contributed by atoms with E-state index in [0.717, 1.165) is 10.8 Å². The number of rotatable bonds is 5. The summed E-state index contributed by atoms with van der Waals surface area (Å²) in [7, 11) is 0. The fourth-order valence-electron chi connectivity index (χ4n) is 3.05. The fourth-order valence-corrected chi connectivity index (χ4v) is 3.22. The summed E-state index contributed by atoms with van der Waals surface area (Å²) in [4.78, 5) is 16.8. The van der Waals surface area contributed by atoms with E-state index in [0.29, 0.717) is 21.7 Å². The van der Waals surface area contributed by atoms with Crippen LogP contribution in [0.15, 0.2) is 71.8 Å². The molecule has 5 nitrogen and oxygen atoms in total. The van der Waals surface area contributed by atoms with Crippen LogP contribution in [0.1, 0.15) is 0 Å². The number of aliphatic hydroxyl groups is 1. The van der Waals surface area contributed by atoms with Crippen LogP contribution in [0.2, 0.25) is 5.02 Å². The summed E-state index contributed by atoms with van der Waals surface area (Å²) >= 11 is 5.93. The van der Waals surface area contributed by atoms with Gasteiger partial charge in [0.2, 0.25) is 0 Å². The molecule has 136 valence electrons. The number of halogens is 1. The molecule has 0 saturated carbocycles. The molecule has 0 aliphatic rings. The summed E-state index contributed by atoms with van der Waals surface area (Å²) in [6.45, 7) is 0.161. The van der Waals surface area contributed by atoms with Gasteiger partial charge in [-0.25, -0.2) is 4.98 Å². The Balaban J connectivity index is 1.50. The maximum Gasteiger partial charge on any atom is 0.261 e. The largest absolute Gasteiger partial charge is 0.490 e. The molecule has 4 rings (SSSR count). The minimum atomic E-state index is -0.854. The second-order valence-electron chi connectivity index (χ2n) is 6.31. The van der Waals surface area contributed by atoms with Gasteiger partial charge in [0.15, 0.2) is 0 Å². The second kappa shape index (κ2) is 7.39. The highest BCUT2D eigenvalue weighted by molar-refractivity contribution is 6.31. The number of hydrogen-bond donors (Lipinski definition) is 1. The molecule has 0 aliphatic heterocycles. The zero-order chi connectivity index (χ0) is 18.8. The van der Waals surface area contributed by atoms with Crippen molar-refractivity contribution >= 4 is 33.3 Å². The highest BCUT2D eigenvalue weighted by Crippen LogP contribution is 2.25. The van der Waals surface area contributed by atoms with E-state index >= 15 is 0 Å². The minimum absolute atomic E-state index is 0.0686. The molecule has 0 spiro atoms. The Morgan fingerprint density at radius 2 is 1.89 bits per heavy atom. The summed E-state index contributed by atoms with van der Waals surface area (Å²) < 4.78 is 7.18. The van der Waals surface area contributed by atoms with E-state index in [4.69, 9.17) is 16.3 Å². The Kier molecular flexibility index (Phi) is 4.79. The number of fused-ring (bicyclic) bond motifs is 2. The predicted octanol–water partition coefficient (Wildman–Crippen LogP) is 3.64. The highest BCUT2D eigenvalue weighted by Gasteiger charge is 2.11. The standard InChI is InChI=1S/C21H17ClN2O3/c22-15-8-9-18-19(10-15)23-13-24(21(18)26)11-16(25)12-27-20-7-3-5-14-4-1-2-6-17(14)20/h1-10,13,16,25H,11-12H2/t16-/m0/s1. The van der Waals surface area contributed by atoms with E-state index in [-0.39, 0.29) is 18.7 Å². The van der Waals surface area contributed by atoms with Gasteiger partial charge in [-0.05, 0) is 29.7 Å². The van der Waals surface area contributed by atoms with Crippen molar-refractivity contribution in [2.75, 3.05) is 6.61 Å². The lowest BCUT2D eigenvalue weighted by Gasteiger charge is -2.15. The molecule has 4 aromatic rings. The number of ether oxygens (including phenoxy) is 1. The molecule has 0 amide bonds. The molecule has 0 aliphatic carbocycles. The van der Waals surface area contributed by atoms with Gasteiger partial charge in [-0.1, -0.05) is 48.0 Å². The molecule has 1 aromatic heterocycles. The maximum absolute atomic E-state index is 12.6. The lowest BCUT2D eigenvalue weighted by Crippen LogP contribution is -2.30. The molecule has 0 radical (unpaired) electrons. The van der Waals surface area contributed by atoms with Gasteiger partial charge in [0.05, 0.1) is 23.8 Å². The SMILES string of the molecule is O=c1c2ccc(Cl)cc2ncn1C[C@H](O)COc1cccc2ccccc12. The second-order valence-corrected chi connectivity index (χ2v) is 6.74. The van der Waals surface area contributed by atoms with Gasteiger partial charge in [-0.15, -0.1) is 0 Å². The Labute approximate surface area is 160 Å². The number of hydrogen-bond acceptors (Lipinski definition) is 4. The van der Waals surface area contributed by atoms with Crippen molar-refractivity contribution in [3.05, 3.63) is 82.4 Å². The number of aliphatic hydroxyl groups excluding tert-OH is 1. The predicted molar refractivity (Wildman–Crippen MR) is 106 cm³/mol. The van der Waals surface area contributed by atoms with Crippen LogP contribution in [-0.2, 0) is 6.54 Å². The molecule has 0 saturated heterocycles. The van der Waals surface area contributed by atoms with Gasteiger partial charge >= 0.3 is 0 Å². The van der Waals surface area contributed by atoms with Crippen LogP contribution >= 0.6 is 11.6 Å². The van der Waals surface area contributed by atoms with Gasteiger partial charge in [-0.3, -0.25) is 9.36 Å². The zero-order valence-electron chi connectivity index (χ0n) is 14.4. The fraction of sp³-hybridized carbons (Fsp3) is 0.143. The molecule has 1 N–H and O–H groups in total. The first-order valence-corrected chi connectivity index (χ1v) is 8.93. The van der Waals surface area contributed by atoms with E-state index in [1.165, 1.54) is 10.9 Å². The van der Waals surface area contributed by atoms with E-state index in [2.05, 4.69) is 4.98 Å². The molecule has 1 heterocycles. The van der Waals surface area contributed by atoms with Crippen LogP contribution in [0.25, 0.3) is 21.7 Å². The topological polar surface area (TPSA) is 64.4 Å². The first kappa shape index (κ1) is 17.5. The summed E-state index contributed by atoms with van der Waals surface area (Å²) in [5.41, 5.74) is 0.311. The first-order chi connectivity index (χ1) is 13.1. The van der Waals surface area contributed by atoms with Crippen LogP contribution in [0.3, 0.4) is 0 Å². The lowest BCUT2D eigenvalue weighted by molar-refractivity contribution is 0.0922. The lowest BCUT2D eigenvalue weighted by atomic mass is 10.1. The summed E-state index contributed by atoms with van der Waals surface area (Å²) in [5.74, 6) is 0.700. The minimum Gasteiger partial charge on any atom is -0.490 e. The van der Waals surface area contributed by atoms with Gasteiger partial charge < -0.3 is 9.84 Å². The van der Waals surface area contributed by atoms with Gasteiger partial charge in [0, 0.05) is 10.4 Å². The first-order valence-electron chi connectivity index (χ1n) is 8.55. The molecule has 0 bridgehead atoms. The normalized spacial score (nSPS) is 12.4. The summed E-state index contributed by atoms with van der Waals surface area (Å²) in [6.07, 6.45) is 0.565. The third-order valence-electron chi connectivity index (χ3n) is 4.38. The summed E-state index contributed by atoms with van der Waals surface area (Å²) in [5, 5.41) is 13.4. The van der Waals surface area contributed by atoms with Crippen LogP contribution in [-0.4, -0.2) is 27.4 Å². The third kappa shape index (κ3) is 3.65. The number of benzene rings is 3. The van der Waals surface area contributed by atoms with Crippen molar-refractivity contribution in [1.82, 2.24) is 9.55 Å². The Morgan fingerprint density at radius 1 is 1.07 bits per heavy atom. The third-order valence-corrected chi connectivity index (χ3v) is 4.61. The molecule has 1 atom stereocenters. The van der Waals surface area contributed by atoms with Gasteiger partial charge in [-0.2, -0.15) is 0 Å². The van der Waals surface area contributed by atoms with Crippen molar-refractivity contribution in [1.29, 1.82) is 0 Å². The molecule has 3 aromatic carbocycles. The molecular weight excluding hydrogens is 364 g/mol. The number of nitrogens with zero attached hydrogens (tertiary/aromatic N) is 2. The monoisotopic (exact) mass is 380 g/mol. The van der Waals surface area contributed by atoms with Crippen LogP contribution in [0.4, 0.5) is 0 Å². The van der Waals surface area contributed by atoms with Crippen LogP contribution in [0, 0.1) is 0 Å². The van der Waals surface area contributed by atoms with E-state index in [1.807, 2.05) is 42.5 Å². The molecule has 27 heavy (non-hydrogen) atoms. The number of aromatic nitrogens is 2. The average molecular weight is 381 g/mol. The average Bonchev–Trinajstić information content (AvgIpc) is 2.68.